The van der Waals surface area contributed by atoms with Gasteiger partial charge in [0, 0.05) is 23.2 Å². The van der Waals surface area contributed by atoms with Gasteiger partial charge < -0.3 is 14.8 Å². The number of ether oxygens (including phenoxy) is 2. The Morgan fingerprint density at radius 3 is 2.50 bits per heavy atom. The SMILES string of the molecule is CC(=O)Oc1cccc(NC(=O)COc2ccc(Br)cc2)c1. The largest absolute Gasteiger partial charge is 0.484 e. The van der Waals surface area contributed by atoms with Crippen molar-refractivity contribution >= 4 is 33.5 Å². The van der Waals surface area contributed by atoms with Crippen LogP contribution >= 0.6 is 15.9 Å². The lowest BCUT2D eigenvalue weighted by Gasteiger charge is -2.08. The summed E-state index contributed by atoms with van der Waals surface area (Å²) in [6.45, 7) is 1.21. The Labute approximate surface area is 136 Å². The molecule has 0 aliphatic carbocycles. The van der Waals surface area contributed by atoms with Crippen molar-refractivity contribution in [2.75, 3.05) is 11.9 Å². The number of benzene rings is 2. The molecular formula is C16H14BrNO4. The Morgan fingerprint density at radius 1 is 1.09 bits per heavy atom. The second-order valence-electron chi connectivity index (χ2n) is 4.41. The van der Waals surface area contributed by atoms with Crippen molar-refractivity contribution in [3.05, 3.63) is 53.0 Å². The fraction of sp³-hybridized carbons (Fsp3) is 0.125. The van der Waals surface area contributed by atoms with Crippen LogP contribution in [0.25, 0.3) is 0 Å². The Bertz CT molecular complexity index is 670. The normalized spacial score (nSPS) is 9.91. The fourth-order valence-corrected chi connectivity index (χ4v) is 1.94. The summed E-state index contributed by atoms with van der Waals surface area (Å²) in [7, 11) is 0. The van der Waals surface area contributed by atoms with Crippen LogP contribution in [0.1, 0.15) is 6.92 Å². The van der Waals surface area contributed by atoms with Gasteiger partial charge in [-0.3, -0.25) is 9.59 Å². The maximum absolute atomic E-state index is 11.8. The summed E-state index contributed by atoms with van der Waals surface area (Å²) < 4.78 is 11.3. The van der Waals surface area contributed by atoms with E-state index in [9.17, 15) is 9.59 Å². The molecule has 2 aromatic rings. The van der Waals surface area contributed by atoms with Gasteiger partial charge in [0.05, 0.1) is 0 Å². The van der Waals surface area contributed by atoms with Crippen molar-refractivity contribution in [1.82, 2.24) is 0 Å². The van der Waals surface area contributed by atoms with Crippen LogP contribution in [-0.2, 0) is 9.59 Å². The lowest BCUT2D eigenvalue weighted by Crippen LogP contribution is -2.20. The van der Waals surface area contributed by atoms with E-state index in [1.54, 1.807) is 36.4 Å². The molecule has 0 aliphatic rings. The van der Waals surface area contributed by atoms with Gasteiger partial charge in [0.1, 0.15) is 11.5 Å². The van der Waals surface area contributed by atoms with E-state index in [4.69, 9.17) is 9.47 Å². The van der Waals surface area contributed by atoms with Gasteiger partial charge in [-0.25, -0.2) is 0 Å². The van der Waals surface area contributed by atoms with Gasteiger partial charge in [0.15, 0.2) is 6.61 Å². The van der Waals surface area contributed by atoms with E-state index in [0.717, 1.165) is 4.47 Å². The Hall–Kier alpha value is -2.34. The van der Waals surface area contributed by atoms with Gasteiger partial charge in [0.2, 0.25) is 0 Å². The molecule has 0 unspecified atom stereocenters. The minimum atomic E-state index is -0.415. The molecule has 0 aliphatic heterocycles. The van der Waals surface area contributed by atoms with Gasteiger partial charge >= 0.3 is 5.97 Å². The number of halogens is 1. The molecule has 114 valence electrons. The highest BCUT2D eigenvalue weighted by Crippen LogP contribution is 2.18. The predicted molar refractivity (Wildman–Crippen MR) is 86.0 cm³/mol. The summed E-state index contributed by atoms with van der Waals surface area (Å²) in [6.07, 6.45) is 0. The van der Waals surface area contributed by atoms with Crippen molar-refractivity contribution in [3.8, 4) is 11.5 Å². The monoisotopic (exact) mass is 363 g/mol. The Kier molecular flexibility index (Phi) is 5.55. The number of hydrogen-bond acceptors (Lipinski definition) is 4. The number of rotatable bonds is 5. The van der Waals surface area contributed by atoms with Crippen LogP contribution < -0.4 is 14.8 Å². The molecule has 0 radical (unpaired) electrons. The zero-order valence-electron chi connectivity index (χ0n) is 11.8. The first-order chi connectivity index (χ1) is 10.5. The van der Waals surface area contributed by atoms with Crippen molar-refractivity contribution in [1.29, 1.82) is 0 Å². The number of carbonyl (C=O) groups excluding carboxylic acids is 2. The molecule has 6 heteroatoms. The average Bonchev–Trinajstić information content (AvgIpc) is 2.46. The minimum Gasteiger partial charge on any atom is -0.484 e. The molecule has 0 aromatic heterocycles. The van der Waals surface area contributed by atoms with Gasteiger partial charge in [-0.15, -0.1) is 0 Å². The number of anilines is 1. The first-order valence-corrected chi connectivity index (χ1v) is 7.29. The summed E-state index contributed by atoms with van der Waals surface area (Å²) in [5, 5.41) is 2.67. The fourth-order valence-electron chi connectivity index (χ4n) is 1.68. The molecule has 2 rings (SSSR count). The quantitative estimate of drug-likeness (QED) is 0.653. The van der Waals surface area contributed by atoms with E-state index in [1.807, 2.05) is 12.1 Å². The molecule has 0 spiro atoms. The predicted octanol–water partition coefficient (Wildman–Crippen LogP) is 3.39. The second-order valence-corrected chi connectivity index (χ2v) is 5.33. The van der Waals surface area contributed by atoms with E-state index >= 15 is 0 Å². The van der Waals surface area contributed by atoms with Crippen LogP contribution in [0.3, 0.4) is 0 Å². The Balaban J connectivity index is 1.89. The molecule has 0 heterocycles. The van der Waals surface area contributed by atoms with Crippen LogP contribution in [0.4, 0.5) is 5.69 Å². The zero-order valence-corrected chi connectivity index (χ0v) is 13.4. The lowest BCUT2D eigenvalue weighted by atomic mass is 10.3. The number of carbonyl (C=O) groups is 2. The lowest BCUT2D eigenvalue weighted by molar-refractivity contribution is -0.131. The molecule has 1 N–H and O–H groups in total. The number of amides is 1. The average molecular weight is 364 g/mol. The summed E-state index contributed by atoms with van der Waals surface area (Å²) in [4.78, 5) is 22.7. The molecular weight excluding hydrogens is 350 g/mol. The van der Waals surface area contributed by atoms with Crippen LogP contribution in [-0.4, -0.2) is 18.5 Å². The zero-order chi connectivity index (χ0) is 15.9. The maximum atomic E-state index is 11.8. The number of hydrogen-bond donors (Lipinski definition) is 1. The van der Waals surface area contributed by atoms with Crippen molar-refractivity contribution < 1.29 is 19.1 Å². The standard InChI is InChI=1S/C16H14BrNO4/c1-11(19)22-15-4-2-3-13(9-15)18-16(20)10-21-14-7-5-12(17)6-8-14/h2-9H,10H2,1H3,(H,18,20). The van der Waals surface area contributed by atoms with Gasteiger partial charge in [-0.05, 0) is 36.4 Å². The van der Waals surface area contributed by atoms with E-state index in [-0.39, 0.29) is 12.5 Å². The third-order valence-corrected chi connectivity index (χ3v) is 3.09. The molecule has 2 aromatic carbocycles. The third kappa shape index (κ3) is 5.21. The van der Waals surface area contributed by atoms with Crippen molar-refractivity contribution in [2.24, 2.45) is 0 Å². The molecule has 0 saturated heterocycles. The summed E-state index contributed by atoms with van der Waals surface area (Å²) in [5.74, 6) is 0.260. The topological polar surface area (TPSA) is 64.6 Å². The van der Waals surface area contributed by atoms with E-state index < -0.39 is 5.97 Å². The van der Waals surface area contributed by atoms with Gasteiger partial charge in [0.25, 0.3) is 5.91 Å². The van der Waals surface area contributed by atoms with Gasteiger partial charge in [-0.1, -0.05) is 22.0 Å². The molecule has 0 fully saturated rings. The van der Waals surface area contributed by atoms with Crippen molar-refractivity contribution in [3.63, 3.8) is 0 Å². The molecule has 0 saturated carbocycles. The summed E-state index contributed by atoms with van der Waals surface area (Å²) >= 11 is 3.32. The first kappa shape index (κ1) is 16.0. The van der Waals surface area contributed by atoms with Crippen molar-refractivity contribution in [2.45, 2.75) is 6.92 Å². The third-order valence-electron chi connectivity index (χ3n) is 2.56. The summed E-state index contributed by atoms with van der Waals surface area (Å²) in [5.41, 5.74) is 0.531. The minimum absolute atomic E-state index is 0.112. The highest BCUT2D eigenvalue weighted by atomic mass is 79.9. The highest BCUT2D eigenvalue weighted by Gasteiger charge is 2.05. The smallest absolute Gasteiger partial charge is 0.308 e. The molecule has 0 bridgehead atoms. The maximum Gasteiger partial charge on any atom is 0.308 e. The van der Waals surface area contributed by atoms with E-state index in [1.165, 1.54) is 6.92 Å². The molecule has 0 atom stereocenters. The molecule has 5 nitrogen and oxygen atoms in total. The van der Waals surface area contributed by atoms with Crippen LogP contribution in [0.15, 0.2) is 53.0 Å². The number of nitrogens with one attached hydrogen (secondary N) is 1. The second kappa shape index (κ2) is 7.61. The first-order valence-electron chi connectivity index (χ1n) is 6.49. The van der Waals surface area contributed by atoms with E-state index in [0.29, 0.717) is 17.2 Å². The molecule has 22 heavy (non-hydrogen) atoms. The molecule has 1 amide bonds. The van der Waals surface area contributed by atoms with Crippen LogP contribution in [0.2, 0.25) is 0 Å². The summed E-state index contributed by atoms with van der Waals surface area (Å²) in [6, 6.07) is 13.8. The van der Waals surface area contributed by atoms with Gasteiger partial charge in [-0.2, -0.15) is 0 Å². The van der Waals surface area contributed by atoms with Crippen LogP contribution in [0, 0.1) is 0 Å². The highest BCUT2D eigenvalue weighted by molar-refractivity contribution is 9.10. The number of esters is 1. The Morgan fingerprint density at radius 2 is 1.82 bits per heavy atom. The van der Waals surface area contributed by atoms with Crippen LogP contribution in [0.5, 0.6) is 11.5 Å². The van der Waals surface area contributed by atoms with E-state index in [2.05, 4.69) is 21.2 Å².